The first-order chi connectivity index (χ1) is 6.89. The highest BCUT2D eigenvalue weighted by molar-refractivity contribution is 5.67. The van der Waals surface area contributed by atoms with Crippen molar-refractivity contribution in [3.05, 3.63) is 0 Å². The number of aliphatic hydroxyl groups excluding tert-OH is 1. The predicted octanol–water partition coefficient (Wildman–Crippen LogP) is 0.468. The van der Waals surface area contributed by atoms with Crippen LogP contribution < -0.4 is 11.1 Å². The molecule has 5 heteroatoms. The van der Waals surface area contributed by atoms with Gasteiger partial charge >= 0.3 is 6.09 Å². The molecule has 0 aliphatic carbocycles. The first kappa shape index (κ1) is 14.2. The van der Waals surface area contributed by atoms with E-state index in [9.17, 15) is 4.79 Å². The highest BCUT2D eigenvalue weighted by Gasteiger charge is 2.16. The molecule has 4 N–H and O–H groups in total. The number of hydrogen-bond donors (Lipinski definition) is 3. The summed E-state index contributed by atoms with van der Waals surface area (Å²) >= 11 is 0. The summed E-state index contributed by atoms with van der Waals surface area (Å²) in [5.74, 6) is 0.0996. The fourth-order valence-corrected chi connectivity index (χ4v) is 1.03. The highest BCUT2D eigenvalue weighted by Crippen LogP contribution is 2.06. The zero-order valence-corrected chi connectivity index (χ0v) is 9.75. The molecule has 0 saturated heterocycles. The lowest BCUT2D eigenvalue weighted by Gasteiger charge is -2.21. The van der Waals surface area contributed by atoms with Gasteiger partial charge in [0.2, 0.25) is 0 Å². The number of aliphatic hydroxyl groups is 1. The minimum atomic E-state index is -0.487. The second kappa shape index (κ2) is 6.63. The average molecular weight is 218 g/mol. The van der Waals surface area contributed by atoms with Gasteiger partial charge in [0.25, 0.3) is 0 Å². The first-order valence-corrected chi connectivity index (χ1v) is 5.17. The van der Waals surface area contributed by atoms with Crippen molar-refractivity contribution in [3.8, 4) is 0 Å². The van der Waals surface area contributed by atoms with Crippen LogP contribution in [-0.2, 0) is 4.74 Å². The molecule has 0 aliphatic heterocycles. The molecule has 0 bridgehead atoms. The van der Waals surface area contributed by atoms with Crippen molar-refractivity contribution in [3.63, 3.8) is 0 Å². The van der Waals surface area contributed by atoms with Gasteiger partial charge in [0.15, 0.2) is 0 Å². The third kappa shape index (κ3) is 8.20. The number of nitrogens with two attached hydrogens (primary N) is 1. The SMILES string of the molecule is CC(C)(C)OC(=O)NC[C@@H](CN)CCO. The summed E-state index contributed by atoms with van der Waals surface area (Å²) in [5.41, 5.74) is 4.98. The lowest BCUT2D eigenvalue weighted by molar-refractivity contribution is 0.0517. The Hall–Kier alpha value is -0.810. The fourth-order valence-electron chi connectivity index (χ4n) is 1.03. The minimum Gasteiger partial charge on any atom is -0.444 e. The van der Waals surface area contributed by atoms with Crippen molar-refractivity contribution in [1.29, 1.82) is 0 Å². The lowest BCUT2D eigenvalue weighted by atomic mass is 10.1. The molecule has 90 valence electrons. The molecular weight excluding hydrogens is 196 g/mol. The number of alkyl carbamates (subject to hydrolysis) is 1. The average Bonchev–Trinajstić information content (AvgIpc) is 2.09. The molecule has 0 aromatic rings. The monoisotopic (exact) mass is 218 g/mol. The molecule has 0 aromatic carbocycles. The normalized spacial score (nSPS) is 13.4. The van der Waals surface area contributed by atoms with Gasteiger partial charge < -0.3 is 20.9 Å². The molecule has 0 radical (unpaired) electrons. The number of carbonyl (C=O) groups excluding carboxylic acids is 1. The van der Waals surface area contributed by atoms with E-state index in [2.05, 4.69) is 5.32 Å². The summed E-state index contributed by atoms with van der Waals surface area (Å²) in [6, 6.07) is 0. The third-order valence-corrected chi connectivity index (χ3v) is 1.80. The fraction of sp³-hybridized carbons (Fsp3) is 0.900. The maximum Gasteiger partial charge on any atom is 0.407 e. The van der Waals surface area contributed by atoms with Crippen LogP contribution in [0.1, 0.15) is 27.2 Å². The van der Waals surface area contributed by atoms with E-state index in [0.717, 1.165) is 0 Å². The number of carbonyl (C=O) groups is 1. The Morgan fingerprint density at radius 1 is 1.53 bits per heavy atom. The number of hydrogen-bond acceptors (Lipinski definition) is 4. The van der Waals surface area contributed by atoms with Crippen molar-refractivity contribution in [2.75, 3.05) is 19.7 Å². The summed E-state index contributed by atoms with van der Waals surface area (Å²) in [4.78, 5) is 11.2. The maximum absolute atomic E-state index is 11.2. The maximum atomic E-state index is 11.2. The van der Waals surface area contributed by atoms with Gasteiger partial charge in [-0.2, -0.15) is 0 Å². The van der Waals surface area contributed by atoms with Crippen LogP contribution in [0.15, 0.2) is 0 Å². The van der Waals surface area contributed by atoms with Gasteiger partial charge in [0.1, 0.15) is 5.60 Å². The molecule has 5 nitrogen and oxygen atoms in total. The molecule has 0 rings (SSSR count). The van der Waals surface area contributed by atoms with Crippen molar-refractivity contribution >= 4 is 6.09 Å². The Kier molecular flexibility index (Phi) is 6.27. The Morgan fingerprint density at radius 3 is 2.53 bits per heavy atom. The molecule has 0 heterocycles. The zero-order chi connectivity index (χ0) is 11.9. The molecule has 0 unspecified atom stereocenters. The van der Waals surface area contributed by atoms with E-state index in [4.69, 9.17) is 15.6 Å². The largest absolute Gasteiger partial charge is 0.444 e. The van der Waals surface area contributed by atoms with Gasteiger partial charge in [-0.15, -0.1) is 0 Å². The quantitative estimate of drug-likeness (QED) is 0.626. The van der Waals surface area contributed by atoms with Gasteiger partial charge in [-0.1, -0.05) is 0 Å². The Morgan fingerprint density at radius 2 is 2.13 bits per heavy atom. The molecule has 0 aliphatic rings. The Bertz CT molecular complexity index is 190. The van der Waals surface area contributed by atoms with Crippen LogP contribution in [0.3, 0.4) is 0 Å². The van der Waals surface area contributed by atoms with Gasteiger partial charge in [-0.25, -0.2) is 4.79 Å². The van der Waals surface area contributed by atoms with Gasteiger partial charge in [0, 0.05) is 13.2 Å². The zero-order valence-electron chi connectivity index (χ0n) is 9.75. The van der Waals surface area contributed by atoms with Crippen LogP contribution in [0.5, 0.6) is 0 Å². The molecule has 0 aromatic heterocycles. The van der Waals surface area contributed by atoms with Crippen molar-refractivity contribution < 1.29 is 14.6 Å². The topological polar surface area (TPSA) is 84.6 Å². The predicted molar refractivity (Wildman–Crippen MR) is 58.5 cm³/mol. The van der Waals surface area contributed by atoms with Gasteiger partial charge in [-0.3, -0.25) is 0 Å². The second-order valence-electron chi connectivity index (χ2n) is 4.50. The standard InChI is InChI=1S/C10H22N2O3/c1-10(2,3)15-9(14)12-7-8(6-11)4-5-13/h8,13H,4-7,11H2,1-3H3,(H,12,14)/t8-/m1/s1. The Labute approximate surface area is 91.0 Å². The van der Waals surface area contributed by atoms with Crippen LogP contribution in [0.25, 0.3) is 0 Å². The van der Waals surface area contributed by atoms with Crippen LogP contribution in [-0.4, -0.2) is 36.5 Å². The van der Waals surface area contributed by atoms with E-state index in [1.165, 1.54) is 0 Å². The van der Waals surface area contributed by atoms with E-state index in [-0.39, 0.29) is 12.5 Å². The molecule has 0 spiro atoms. The van der Waals surface area contributed by atoms with Gasteiger partial charge in [-0.05, 0) is 39.7 Å². The lowest BCUT2D eigenvalue weighted by Crippen LogP contribution is -2.37. The number of ether oxygens (including phenoxy) is 1. The summed E-state index contributed by atoms with van der Waals surface area (Å²) in [5, 5.41) is 11.3. The van der Waals surface area contributed by atoms with Crippen molar-refractivity contribution in [2.45, 2.75) is 32.8 Å². The third-order valence-electron chi connectivity index (χ3n) is 1.80. The van der Waals surface area contributed by atoms with Gasteiger partial charge in [0.05, 0.1) is 0 Å². The van der Waals surface area contributed by atoms with E-state index in [1.807, 2.05) is 0 Å². The molecule has 0 fully saturated rings. The first-order valence-electron chi connectivity index (χ1n) is 5.17. The number of amides is 1. The van der Waals surface area contributed by atoms with Crippen molar-refractivity contribution in [2.24, 2.45) is 11.7 Å². The molecule has 15 heavy (non-hydrogen) atoms. The molecular formula is C10H22N2O3. The van der Waals surface area contributed by atoms with Crippen LogP contribution in [0, 0.1) is 5.92 Å². The number of nitrogens with one attached hydrogen (secondary N) is 1. The van der Waals surface area contributed by atoms with Crippen molar-refractivity contribution in [1.82, 2.24) is 5.32 Å². The summed E-state index contributed by atoms with van der Waals surface area (Å²) in [7, 11) is 0. The van der Waals surface area contributed by atoms with E-state index >= 15 is 0 Å². The summed E-state index contributed by atoms with van der Waals surface area (Å²) in [6.45, 7) is 6.38. The van der Waals surface area contributed by atoms with Crippen LogP contribution >= 0.6 is 0 Å². The Balaban J connectivity index is 3.78. The molecule has 1 atom stereocenters. The minimum absolute atomic E-state index is 0.0812. The summed E-state index contributed by atoms with van der Waals surface area (Å²) in [6.07, 6.45) is 0.144. The number of rotatable bonds is 5. The highest BCUT2D eigenvalue weighted by atomic mass is 16.6. The summed E-state index contributed by atoms with van der Waals surface area (Å²) < 4.78 is 5.06. The van der Waals surface area contributed by atoms with E-state index in [1.54, 1.807) is 20.8 Å². The van der Waals surface area contributed by atoms with E-state index in [0.29, 0.717) is 19.5 Å². The molecule has 0 saturated carbocycles. The van der Waals surface area contributed by atoms with Crippen LogP contribution in [0.4, 0.5) is 4.79 Å². The van der Waals surface area contributed by atoms with Crippen LogP contribution in [0.2, 0.25) is 0 Å². The van der Waals surface area contributed by atoms with E-state index < -0.39 is 11.7 Å². The smallest absolute Gasteiger partial charge is 0.407 e. The second-order valence-corrected chi connectivity index (χ2v) is 4.50. The molecule has 1 amide bonds.